The molecule has 0 heterocycles. The van der Waals surface area contributed by atoms with Crippen LogP contribution in [-0.2, 0) is 6.42 Å². The molecule has 0 saturated carbocycles. The number of rotatable bonds is 4. The fourth-order valence-electron chi connectivity index (χ4n) is 2.13. The fourth-order valence-corrected chi connectivity index (χ4v) is 2.13. The largest absolute Gasteiger partial charge is 0.508 e. The summed E-state index contributed by atoms with van der Waals surface area (Å²) in [5, 5.41) is 20.1. The van der Waals surface area contributed by atoms with E-state index in [4.69, 9.17) is 5.73 Å². The van der Waals surface area contributed by atoms with Crippen molar-refractivity contribution in [1.82, 2.24) is 0 Å². The third kappa shape index (κ3) is 3.97. The van der Waals surface area contributed by atoms with Gasteiger partial charge in [0.25, 0.3) is 0 Å². The maximum absolute atomic E-state index is 10.2. The van der Waals surface area contributed by atoms with Crippen LogP contribution in [0.2, 0.25) is 0 Å². The molecule has 0 radical (unpaired) electrons. The zero-order valence-corrected chi connectivity index (χ0v) is 12.2. The van der Waals surface area contributed by atoms with Crippen molar-refractivity contribution in [3.05, 3.63) is 65.2 Å². The molecular weight excluding hydrogens is 274 g/mol. The molecule has 0 unspecified atom stereocenters. The summed E-state index contributed by atoms with van der Waals surface area (Å²) in [6.45, 7) is 1.90. The third-order valence-corrected chi connectivity index (χ3v) is 3.25. The van der Waals surface area contributed by atoms with Crippen LogP contribution >= 0.6 is 12.4 Å². The van der Waals surface area contributed by atoms with Gasteiger partial charge >= 0.3 is 0 Å². The lowest BCUT2D eigenvalue weighted by atomic mass is 9.95. The minimum Gasteiger partial charge on any atom is -0.508 e. The molecule has 0 amide bonds. The maximum atomic E-state index is 10.2. The van der Waals surface area contributed by atoms with Crippen LogP contribution in [0.25, 0.3) is 0 Å². The Balaban J connectivity index is 0.00000200. The van der Waals surface area contributed by atoms with Gasteiger partial charge in [-0.05, 0) is 24.1 Å². The van der Waals surface area contributed by atoms with E-state index in [-0.39, 0.29) is 18.2 Å². The van der Waals surface area contributed by atoms with Crippen molar-refractivity contribution in [3.63, 3.8) is 0 Å². The molecule has 4 heteroatoms. The number of hydrogen-bond acceptors (Lipinski definition) is 3. The van der Waals surface area contributed by atoms with Crippen LogP contribution in [0, 0.1) is 6.92 Å². The van der Waals surface area contributed by atoms with Crippen LogP contribution in [0.15, 0.2) is 48.5 Å². The highest BCUT2D eigenvalue weighted by atomic mass is 35.5. The molecule has 2 atom stereocenters. The first-order valence-electron chi connectivity index (χ1n) is 6.35. The van der Waals surface area contributed by atoms with Gasteiger partial charge in [-0.3, -0.25) is 0 Å². The Morgan fingerprint density at radius 1 is 1.10 bits per heavy atom. The maximum Gasteiger partial charge on any atom is 0.120 e. The number of aliphatic hydroxyl groups excluding tert-OH is 1. The summed E-state index contributed by atoms with van der Waals surface area (Å²) in [6.07, 6.45) is -0.258. The predicted octanol–water partition coefficient (Wildman–Crippen LogP) is 2.73. The first-order valence-corrected chi connectivity index (χ1v) is 6.35. The van der Waals surface area contributed by atoms with Crippen LogP contribution in [0.4, 0.5) is 0 Å². The van der Waals surface area contributed by atoms with Crippen LogP contribution in [0.3, 0.4) is 0 Å². The normalized spacial score (nSPS) is 13.3. The molecule has 0 aliphatic rings. The summed E-state index contributed by atoms with van der Waals surface area (Å²) >= 11 is 0. The Morgan fingerprint density at radius 3 is 2.35 bits per heavy atom. The number of aliphatic hydroxyl groups is 1. The molecule has 2 aromatic carbocycles. The summed E-state index contributed by atoms with van der Waals surface area (Å²) in [5.74, 6) is 0.139. The zero-order valence-electron chi connectivity index (χ0n) is 11.4. The number of halogens is 1. The molecular formula is C16H20ClNO2. The van der Waals surface area contributed by atoms with Crippen molar-refractivity contribution < 1.29 is 10.2 Å². The Labute approximate surface area is 125 Å². The van der Waals surface area contributed by atoms with Gasteiger partial charge in [0.2, 0.25) is 0 Å². The predicted molar refractivity (Wildman–Crippen MR) is 83.2 cm³/mol. The molecule has 0 saturated heterocycles. The second kappa shape index (κ2) is 7.29. The van der Waals surface area contributed by atoms with Crippen molar-refractivity contribution in [2.75, 3.05) is 0 Å². The summed E-state index contributed by atoms with van der Waals surface area (Å²) in [5.41, 5.74) is 8.59. The van der Waals surface area contributed by atoms with Gasteiger partial charge < -0.3 is 15.9 Å². The number of phenolic OH excluding ortho intramolecular Hbond substituents is 1. The zero-order chi connectivity index (χ0) is 13.8. The first-order chi connectivity index (χ1) is 9.08. The Hall–Kier alpha value is -1.55. The van der Waals surface area contributed by atoms with Crippen LogP contribution in [-0.4, -0.2) is 16.3 Å². The topological polar surface area (TPSA) is 66.5 Å². The average Bonchev–Trinajstić information content (AvgIpc) is 2.39. The van der Waals surface area contributed by atoms with Crippen molar-refractivity contribution in [2.24, 2.45) is 5.73 Å². The fraction of sp³-hybridized carbons (Fsp3) is 0.250. The SMILES string of the molecule is Cc1ccc([C@@H](N)[C@@H](O)Cc2ccccc2)c(O)c1.Cl. The molecule has 4 N–H and O–H groups in total. The van der Waals surface area contributed by atoms with E-state index < -0.39 is 12.1 Å². The third-order valence-electron chi connectivity index (χ3n) is 3.25. The lowest BCUT2D eigenvalue weighted by Gasteiger charge is -2.20. The van der Waals surface area contributed by atoms with Gasteiger partial charge in [-0.2, -0.15) is 0 Å². The van der Waals surface area contributed by atoms with E-state index in [1.807, 2.05) is 43.3 Å². The Morgan fingerprint density at radius 2 is 1.75 bits per heavy atom. The summed E-state index contributed by atoms with van der Waals surface area (Å²) in [4.78, 5) is 0. The van der Waals surface area contributed by atoms with Gasteiger partial charge in [-0.25, -0.2) is 0 Å². The van der Waals surface area contributed by atoms with Gasteiger partial charge in [-0.1, -0.05) is 42.5 Å². The average molecular weight is 294 g/mol. The first kappa shape index (κ1) is 16.5. The summed E-state index contributed by atoms with van der Waals surface area (Å²) in [6, 6.07) is 14.4. The van der Waals surface area contributed by atoms with Crippen molar-refractivity contribution in [1.29, 1.82) is 0 Å². The lowest BCUT2D eigenvalue weighted by Crippen LogP contribution is -2.28. The minimum atomic E-state index is -0.726. The molecule has 0 spiro atoms. The van der Waals surface area contributed by atoms with Crippen LogP contribution < -0.4 is 5.73 Å². The molecule has 0 bridgehead atoms. The Bertz CT molecular complexity index is 545. The number of phenols is 1. The van der Waals surface area contributed by atoms with E-state index in [2.05, 4.69) is 0 Å². The molecule has 2 rings (SSSR count). The highest BCUT2D eigenvalue weighted by molar-refractivity contribution is 5.85. The van der Waals surface area contributed by atoms with Crippen molar-refractivity contribution in [2.45, 2.75) is 25.5 Å². The minimum absolute atomic E-state index is 0. The molecule has 0 aliphatic carbocycles. The molecule has 0 aromatic heterocycles. The van der Waals surface area contributed by atoms with E-state index in [0.717, 1.165) is 11.1 Å². The van der Waals surface area contributed by atoms with Crippen LogP contribution in [0.5, 0.6) is 5.75 Å². The molecule has 20 heavy (non-hydrogen) atoms. The van der Waals surface area contributed by atoms with Gasteiger partial charge in [-0.15, -0.1) is 12.4 Å². The number of hydrogen-bond donors (Lipinski definition) is 3. The van der Waals surface area contributed by atoms with Crippen molar-refractivity contribution in [3.8, 4) is 5.75 Å². The smallest absolute Gasteiger partial charge is 0.120 e. The Kier molecular flexibility index (Phi) is 6.02. The summed E-state index contributed by atoms with van der Waals surface area (Å²) in [7, 11) is 0. The van der Waals surface area contributed by atoms with E-state index in [1.165, 1.54) is 0 Å². The van der Waals surface area contributed by atoms with E-state index in [9.17, 15) is 10.2 Å². The van der Waals surface area contributed by atoms with Gasteiger partial charge in [0.05, 0.1) is 12.1 Å². The standard InChI is InChI=1S/C16H19NO2.ClH/c1-11-7-8-13(14(18)9-11)16(17)15(19)10-12-5-3-2-4-6-12;/h2-9,15-16,18-19H,10,17H2,1H3;1H/t15-,16+;/m0./s1. The van der Waals surface area contributed by atoms with Gasteiger partial charge in [0.15, 0.2) is 0 Å². The highest BCUT2D eigenvalue weighted by Crippen LogP contribution is 2.26. The molecule has 2 aromatic rings. The monoisotopic (exact) mass is 293 g/mol. The molecule has 0 aliphatic heterocycles. The second-order valence-electron chi connectivity index (χ2n) is 4.85. The van der Waals surface area contributed by atoms with E-state index in [0.29, 0.717) is 12.0 Å². The van der Waals surface area contributed by atoms with E-state index >= 15 is 0 Å². The van der Waals surface area contributed by atoms with Gasteiger partial charge in [0.1, 0.15) is 5.75 Å². The van der Waals surface area contributed by atoms with Gasteiger partial charge in [0, 0.05) is 12.0 Å². The van der Waals surface area contributed by atoms with E-state index in [1.54, 1.807) is 12.1 Å². The molecule has 3 nitrogen and oxygen atoms in total. The highest BCUT2D eigenvalue weighted by Gasteiger charge is 2.20. The second-order valence-corrected chi connectivity index (χ2v) is 4.85. The lowest BCUT2D eigenvalue weighted by molar-refractivity contribution is 0.143. The molecule has 108 valence electrons. The quantitative estimate of drug-likeness (QED) is 0.812. The van der Waals surface area contributed by atoms with Crippen molar-refractivity contribution >= 4 is 12.4 Å². The van der Waals surface area contributed by atoms with Crippen LogP contribution in [0.1, 0.15) is 22.7 Å². The number of nitrogens with two attached hydrogens (primary N) is 1. The number of benzene rings is 2. The number of aryl methyl sites for hydroxylation is 1. The number of aromatic hydroxyl groups is 1. The summed E-state index contributed by atoms with van der Waals surface area (Å²) < 4.78 is 0. The molecule has 0 fully saturated rings.